The van der Waals surface area contributed by atoms with E-state index in [1.54, 1.807) is 40.9 Å². The van der Waals surface area contributed by atoms with Gasteiger partial charge in [0.2, 0.25) is 11.8 Å². The van der Waals surface area contributed by atoms with Crippen LogP contribution in [0.2, 0.25) is 0 Å². The molecule has 0 bridgehead atoms. The topological polar surface area (TPSA) is 120 Å². The molecule has 4 aromatic rings. The highest BCUT2D eigenvalue weighted by Gasteiger charge is 2.10. The van der Waals surface area contributed by atoms with E-state index in [0.717, 1.165) is 5.56 Å². The van der Waals surface area contributed by atoms with E-state index in [0.29, 0.717) is 28.8 Å². The summed E-state index contributed by atoms with van der Waals surface area (Å²) in [6, 6.07) is 19.9. The normalized spacial score (nSPS) is 10.6. The molecule has 4 rings (SSSR count). The number of carbonyl (C=O) groups excluding carboxylic acids is 2. The zero-order valence-electron chi connectivity index (χ0n) is 17.9. The number of nitrogens with one attached hydrogen (secondary N) is 2. The predicted molar refractivity (Wildman–Crippen MR) is 121 cm³/mol. The first-order valence-corrected chi connectivity index (χ1v) is 10.3. The van der Waals surface area contributed by atoms with E-state index in [9.17, 15) is 9.59 Å². The van der Waals surface area contributed by atoms with Crippen LogP contribution in [0.25, 0.3) is 17.0 Å². The number of carbonyl (C=O) groups is 2. The van der Waals surface area contributed by atoms with Crippen LogP contribution in [0.5, 0.6) is 11.6 Å². The molecule has 33 heavy (non-hydrogen) atoms. The summed E-state index contributed by atoms with van der Waals surface area (Å²) in [5.41, 5.74) is 2.16. The van der Waals surface area contributed by atoms with Crippen molar-refractivity contribution in [1.82, 2.24) is 25.1 Å². The zero-order chi connectivity index (χ0) is 23.0. The molecule has 0 unspecified atom stereocenters. The van der Waals surface area contributed by atoms with Crippen LogP contribution < -0.4 is 20.1 Å². The SMILES string of the molecule is CC(=O)Nc1ccc(OCC(=O)NCCOc2ccc3nnc(-c4ccccc4)n3n2)cc1. The molecule has 0 atom stereocenters. The third kappa shape index (κ3) is 5.82. The number of amides is 2. The second-order valence-corrected chi connectivity index (χ2v) is 7.02. The Balaban J connectivity index is 1.23. The van der Waals surface area contributed by atoms with Crippen LogP contribution in [0, 0.1) is 0 Å². The van der Waals surface area contributed by atoms with Gasteiger partial charge in [-0.3, -0.25) is 9.59 Å². The van der Waals surface area contributed by atoms with E-state index in [2.05, 4.69) is 25.9 Å². The van der Waals surface area contributed by atoms with Crippen LogP contribution >= 0.6 is 0 Å². The molecule has 10 heteroatoms. The summed E-state index contributed by atoms with van der Waals surface area (Å²) >= 11 is 0. The second kappa shape index (κ2) is 10.2. The van der Waals surface area contributed by atoms with E-state index in [1.165, 1.54) is 6.92 Å². The Morgan fingerprint density at radius 1 is 0.939 bits per heavy atom. The molecule has 2 aromatic carbocycles. The highest BCUT2D eigenvalue weighted by atomic mass is 16.5. The van der Waals surface area contributed by atoms with Crippen molar-refractivity contribution in [2.75, 3.05) is 25.1 Å². The Morgan fingerprint density at radius 3 is 2.48 bits per heavy atom. The predicted octanol–water partition coefficient (Wildman–Crippen LogP) is 2.32. The fourth-order valence-corrected chi connectivity index (χ4v) is 3.00. The van der Waals surface area contributed by atoms with Gasteiger partial charge in [-0.05, 0) is 30.3 Å². The van der Waals surface area contributed by atoms with Gasteiger partial charge in [0.05, 0.1) is 6.54 Å². The maximum absolute atomic E-state index is 12.0. The summed E-state index contributed by atoms with van der Waals surface area (Å²) in [5.74, 6) is 1.10. The number of anilines is 1. The lowest BCUT2D eigenvalue weighted by Gasteiger charge is -2.09. The molecule has 0 fully saturated rings. The summed E-state index contributed by atoms with van der Waals surface area (Å²) in [6.07, 6.45) is 0. The van der Waals surface area contributed by atoms with Crippen LogP contribution in [0.3, 0.4) is 0 Å². The molecule has 10 nitrogen and oxygen atoms in total. The van der Waals surface area contributed by atoms with E-state index in [4.69, 9.17) is 9.47 Å². The molecule has 0 saturated heterocycles. The molecule has 2 aromatic heterocycles. The van der Waals surface area contributed by atoms with Crippen molar-refractivity contribution in [2.45, 2.75) is 6.92 Å². The van der Waals surface area contributed by atoms with E-state index in [1.807, 2.05) is 30.3 Å². The third-order valence-electron chi connectivity index (χ3n) is 4.49. The molecule has 0 spiro atoms. The van der Waals surface area contributed by atoms with Crippen molar-refractivity contribution in [2.24, 2.45) is 0 Å². The number of fused-ring (bicyclic) bond motifs is 1. The van der Waals surface area contributed by atoms with E-state index >= 15 is 0 Å². The van der Waals surface area contributed by atoms with Gasteiger partial charge < -0.3 is 20.1 Å². The van der Waals surface area contributed by atoms with Gasteiger partial charge in [-0.15, -0.1) is 15.3 Å². The highest BCUT2D eigenvalue weighted by Crippen LogP contribution is 2.18. The maximum atomic E-state index is 12.0. The summed E-state index contributed by atoms with van der Waals surface area (Å²) in [7, 11) is 0. The standard InChI is InChI=1S/C23H22N6O4/c1-16(30)25-18-7-9-19(10-8-18)33-15-21(31)24-13-14-32-22-12-11-20-26-27-23(29(20)28-22)17-5-3-2-4-6-17/h2-12H,13-15H2,1H3,(H,24,31)(H,25,30). The molecule has 0 radical (unpaired) electrons. The number of hydrogen-bond donors (Lipinski definition) is 2. The Kier molecular flexibility index (Phi) is 6.74. The zero-order valence-corrected chi connectivity index (χ0v) is 17.9. The van der Waals surface area contributed by atoms with Gasteiger partial charge in [-0.2, -0.15) is 4.52 Å². The molecule has 2 heterocycles. The number of rotatable bonds is 9. The maximum Gasteiger partial charge on any atom is 0.258 e. The summed E-state index contributed by atoms with van der Waals surface area (Å²) in [5, 5.41) is 18.1. The van der Waals surface area contributed by atoms with Crippen LogP contribution in [0.1, 0.15) is 6.92 Å². The smallest absolute Gasteiger partial charge is 0.258 e. The van der Waals surface area contributed by atoms with Gasteiger partial charge in [0.1, 0.15) is 12.4 Å². The first kappa shape index (κ1) is 21.8. The van der Waals surface area contributed by atoms with Gasteiger partial charge in [-0.1, -0.05) is 30.3 Å². The molecule has 0 aliphatic heterocycles. The Morgan fingerprint density at radius 2 is 1.73 bits per heavy atom. The molecule has 168 valence electrons. The number of benzene rings is 2. The van der Waals surface area contributed by atoms with Gasteiger partial charge >= 0.3 is 0 Å². The molecule has 2 amide bonds. The molecule has 0 saturated carbocycles. The minimum Gasteiger partial charge on any atom is -0.484 e. The van der Waals surface area contributed by atoms with Gasteiger partial charge in [0.25, 0.3) is 5.91 Å². The summed E-state index contributed by atoms with van der Waals surface area (Å²) in [4.78, 5) is 23.0. The minimum absolute atomic E-state index is 0.134. The molecule has 0 aliphatic carbocycles. The average molecular weight is 446 g/mol. The Hall–Kier alpha value is -4.47. The van der Waals surface area contributed by atoms with Crippen LogP contribution in [-0.4, -0.2) is 51.4 Å². The lowest BCUT2D eigenvalue weighted by atomic mass is 10.2. The number of nitrogens with zero attached hydrogens (tertiary/aromatic N) is 4. The van der Waals surface area contributed by atoms with Crippen molar-refractivity contribution in [1.29, 1.82) is 0 Å². The van der Waals surface area contributed by atoms with Gasteiger partial charge in [0, 0.05) is 24.2 Å². The molecular formula is C23H22N6O4. The first-order valence-electron chi connectivity index (χ1n) is 10.3. The third-order valence-corrected chi connectivity index (χ3v) is 4.49. The van der Waals surface area contributed by atoms with Crippen LogP contribution in [0.15, 0.2) is 66.7 Å². The van der Waals surface area contributed by atoms with Crippen LogP contribution in [0.4, 0.5) is 5.69 Å². The van der Waals surface area contributed by atoms with Gasteiger partial charge in [0.15, 0.2) is 18.1 Å². The quantitative estimate of drug-likeness (QED) is 0.379. The lowest BCUT2D eigenvalue weighted by molar-refractivity contribution is -0.123. The average Bonchev–Trinajstić information content (AvgIpc) is 3.25. The molecule has 0 aliphatic rings. The van der Waals surface area contributed by atoms with Crippen molar-refractivity contribution < 1.29 is 19.1 Å². The van der Waals surface area contributed by atoms with Crippen LogP contribution in [-0.2, 0) is 9.59 Å². The first-order chi connectivity index (χ1) is 16.1. The number of aromatic nitrogens is 4. The van der Waals surface area contributed by atoms with Crippen molar-refractivity contribution >= 4 is 23.1 Å². The highest BCUT2D eigenvalue weighted by molar-refractivity contribution is 5.88. The fraction of sp³-hybridized carbons (Fsp3) is 0.174. The number of hydrogen-bond acceptors (Lipinski definition) is 7. The molecule has 2 N–H and O–H groups in total. The monoisotopic (exact) mass is 446 g/mol. The Bertz CT molecular complexity index is 1240. The lowest BCUT2D eigenvalue weighted by Crippen LogP contribution is -2.32. The molecular weight excluding hydrogens is 424 g/mol. The van der Waals surface area contributed by atoms with Gasteiger partial charge in [-0.25, -0.2) is 0 Å². The fourth-order valence-electron chi connectivity index (χ4n) is 3.00. The second-order valence-electron chi connectivity index (χ2n) is 7.02. The van der Waals surface area contributed by atoms with E-state index in [-0.39, 0.29) is 31.6 Å². The Labute approximate surface area is 189 Å². The number of ether oxygens (including phenoxy) is 2. The van der Waals surface area contributed by atoms with Crippen molar-refractivity contribution in [3.63, 3.8) is 0 Å². The van der Waals surface area contributed by atoms with Crippen molar-refractivity contribution in [3.05, 3.63) is 66.7 Å². The summed E-state index contributed by atoms with van der Waals surface area (Å²) < 4.78 is 12.7. The summed E-state index contributed by atoms with van der Waals surface area (Å²) in [6.45, 7) is 1.82. The largest absolute Gasteiger partial charge is 0.484 e. The van der Waals surface area contributed by atoms with E-state index < -0.39 is 0 Å². The van der Waals surface area contributed by atoms with Crippen molar-refractivity contribution in [3.8, 4) is 23.0 Å². The minimum atomic E-state index is -0.280.